The van der Waals surface area contributed by atoms with Crippen molar-refractivity contribution >= 4 is 0 Å². The molecule has 2 aliphatic rings. The molecule has 0 amide bonds. The monoisotopic (exact) mass is 472 g/mol. The molecule has 0 radical (unpaired) electrons. The van der Waals surface area contributed by atoms with Gasteiger partial charge in [-0.25, -0.2) is 0 Å². The number of hydrogen-bond donors (Lipinski definition) is 0. The molecule has 0 aliphatic carbocycles. The summed E-state index contributed by atoms with van der Waals surface area (Å²) in [6.45, 7) is 11.7. The van der Waals surface area contributed by atoms with Gasteiger partial charge < -0.3 is 28.4 Å². The summed E-state index contributed by atoms with van der Waals surface area (Å²) < 4.78 is 32.8. The van der Waals surface area contributed by atoms with Gasteiger partial charge in [0.15, 0.2) is 6.29 Å². The first-order valence-electron chi connectivity index (χ1n) is 12.2. The average Bonchev–Trinajstić information content (AvgIpc) is 2.82. The highest BCUT2D eigenvalue weighted by Crippen LogP contribution is 2.32. The standard InChI is InChI=1S/2C14H20O3/c1-3-14(10-17-11-14)9-16-8-12-4-6-13(15-2)7-5-12;1-3-14(9-15-10-14)11-16-12(2)17-13-7-5-4-6-8-13/h4-7H,3,8-11H2,1-2H3;4-8,12H,3,9-11H2,1-2H3. The van der Waals surface area contributed by atoms with Crippen molar-refractivity contribution in [2.24, 2.45) is 10.8 Å². The number of benzene rings is 2. The fourth-order valence-corrected chi connectivity index (χ4v) is 3.69. The summed E-state index contributed by atoms with van der Waals surface area (Å²) in [6, 6.07) is 17.7. The summed E-state index contributed by atoms with van der Waals surface area (Å²) in [5, 5.41) is 0. The third kappa shape index (κ3) is 7.70. The van der Waals surface area contributed by atoms with E-state index in [1.54, 1.807) is 7.11 Å². The summed E-state index contributed by atoms with van der Waals surface area (Å²) in [5.41, 5.74) is 1.66. The van der Waals surface area contributed by atoms with E-state index in [0.29, 0.717) is 13.2 Å². The van der Waals surface area contributed by atoms with Crippen molar-refractivity contribution in [1.82, 2.24) is 0 Å². The molecule has 6 nitrogen and oxygen atoms in total. The zero-order chi connectivity index (χ0) is 24.3. The second kappa shape index (κ2) is 13.1. The summed E-state index contributed by atoms with van der Waals surface area (Å²) >= 11 is 0. The number of methoxy groups -OCH3 is 1. The van der Waals surface area contributed by atoms with Gasteiger partial charge in [0.1, 0.15) is 11.5 Å². The number of hydrogen-bond acceptors (Lipinski definition) is 6. The first kappa shape index (κ1) is 26.5. The lowest BCUT2D eigenvalue weighted by Gasteiger charge is -2.40. The van der Waals surface area contributed by atoms with Crippen LogP contribution in [0, 0.1) is 10.8 Å². The van der Waals surface area contributed by atoms with Gasteiger partial charge in [-0.2, -0.15) is 0 Å². The Morgan fingerprint density at radius 1 is 0.794 bits per heavy atom. The van der Waals surface area contributed by atoms with Crippen molar-refractivity contribution in [3.63, 3.8) is 0 Å². The Labute approximate surface area is 204 Å². The lowest BCUT2D eigenvalue weighted by molar-refractivity contribution is -0.182. The van der Waals surface area contributed by atoms with Crippen molar-refractivity contribution in [3.8, 4) is 11.5 Å². The van der Waals surface area contributed by atoms with Crippen LogP contribution in [-0.4, -0.2) is 53.0 Å². The highest BCUT2D eigenvalue weighted by atomic mass is 16.7. The van der Waals surface area contributed by atoms with Crippen LogP contribution < -0.4 is 9.47 Å². The molecule has 2 heterocycles. The van der Waals surface area contributed by atoms with Crippen LogP contribution in [0.15, 0.2) is 54.6 Å². The van der Waals surface area contributed by atoms with Crippen LogP contribution in [0.3, 0.4) is 0 Å². The topological polar surface area (TPSA) is 55.4 Å². The third-order valence-electron chi connectivity index (χ3n) is 6.64. The highest BCUT2D eigenvalue weighted by molar-refractivity contribution is 5.26. The van der Waals surface area contributed by atoms with Crippen LogP contribution in [0.1, 0.15) is 39.2 Å². The van der Waals surface area contributed by atoms with Crippen LogP contribution in [-0.2, 0) is 25.6 Å². The van der Waals surface area contributed by atoms with E-state index >= 15 is 0 Å². The van der Waals surface area contributed by atoms with Crippen LogP contribution in [0.2, 0.25) is 0 Å². The Morgan fingerprint density at radius 2 is 1.38 bits per heavy atom. The molecule has 34 heavy (non-hydrogen) atoms. The lowest BCUT2D eigenvalue weighted by Crippen LogP contribution is -2.46. The third-order valence-corrected chi connectivity index (χ3v) is 6.64. The van der Waals surface area contributed by atoms with E-state index in [1.165, 1.54) is 5.56 Å². The summed E-state index contributed by atoms with van der Waals surface area (Å²) in [7, 11) is 1.67. The molecule has 4 rings (SSSR count). The van der Waals surface area contributed by atoms with Crippen molar-refractivity contribution < 1.29 is 28.4 Å². The molecule has 1 atom stereocenters. The molecule has 2 aromatic rings. The Bertz CT molecular complexity index is 804. The first-order chi connectivity index (χ1) is 16.5. The molecule has 0 bridgehead atoms. The Hall–Kier alpha value is -2.12. The Kier molecular flexibility index (Phi) is 10.2. The van der Waals surface area contributed by atoms with Gasteiger partial charge in [0.25, 0.3) is 0 Å². The van der Waals surface area contributed by atoms with E-state index in [1.807, 2.05) is 61.5 Å². The molecule has 188 valence electrons. The molecule has 2 saturated heterocycles. The van der Waals surface area contributed by atoms with Gasteiger partial charge in [-0.1, -0.05) is 44.2 Å². The molecule has 1 unspecified atom stereocenters. The van der Waals surface area contributed by atoms with Gasteiger partial charge in [-0.15, -0.1) is 0 Å². The van der Waals surface area contributed by atoms with Crippen LogP contribution in [0.5, 0.6) is 11.5 Å². The number of rotatable bonds is 12. The van der Waals surface area contributed by atoms with Crippen molar-refractivity contribution in [3.05, 3.63) is 60.2 Å². The number of ether oxygens (including phenoxy) is 6. The van der Waals surface area contributed by atoms with Crippen LogP contribution in [0.4, 0.5) is 0 Å². The van der Waals surface area contributed by atoms with E-state index < -0.39 is 0 Å². The molecular formula is C28H40O6. The molecule has 2 aliphatic heterocycles. The van der Waals surface area contributed by atoms with Crippen LogP contribution in [0.25, 0.3) is 0 Å². The van der Waals surface area contributed by atoms with Crippen molar-refractivity contribution in [2.75, 3.05) is 46.8 Å². The fourth-order valence-electron chi connectivity index (χ4n) is 3.69. The normalized spacial score (nSPS) is 18.5. The smallest absolute Gasteiger partial charge is 0.197 e. The summed E-state index contributed by atoms with van der Waals surface area (Å²) in [6.07, 6.45) is 1.99. The maximum Gasteiger partial charge on any atom is 0.197 e. The molecule has 0 N–H and O–H groups in total. The summed E-state index contributed by atoms with van der Waals surface area (Å²) in [4.78, 5) is 0. The Morgan fingerprint density at radius 3 is 1.88 bits per heavy atom. The fraction of sp³-hybridized carbons (Fsp3) is 0.571. The quantitative estimate of drug-likeness (QED) is 0.381. The van der Waals surface area contributed by atoms with Gasteiger partial charge in [0.05, 0.1) is 53.4 Å². The molecule has 6 heteroatoms. The zero-order valence-corrected chi connectivity index (χ0v) is 21.1. The number of para-hydroxylation sites is 1. The molecular weight excluding hydrogens is 432 g/mol. The van der Waals surface area contributed by atoms with Gasteiger partial charge >= 0.3 is 0 Å². The highest BCUT2D eigenvalue weighted by Gasteiger charge is 2.38. The minimum absolute atomic E-state index is 0.217. The predicted octanol–water partition coefficient (Wildman–Crippen LogP) is 5.49. The summed E-state index contributed by atoms with van der Waals surface area (Å²) in [5.74, 6) is 1.72. The minimum Gasteiger partial charge on any atom is -0.497 e. The maximum atomic E-state index is 5.77. The average molecular weight is 473 g/mol. The maximum absolute atomic E-state index is 5.77. The Balaban J connectivity index is 0.000000191. The van der Waals surface area contributed by atoms with E-state index in [2.05, 4.69) is 13.8 Å². The van der Waals surface area contributed by atoms with E-state index in [9.17, 15) is 0 Å². The van der Waals surface area contributed by atoms with Gasteiger partial charge in [-0.3, -0.25) is 0 Å². The minimum atomic E-state index is -0.221. The first-order valence-corrected chi connectivity index (χ1v) is 12.2. The molecule has 0 spiro atoms. The van der Waals surface area contributed by atoms with Crippen LogP contribution >= 0.6 is 0 Å². The van der Waals surface area contributed by atoms with Gasteiger partial charge in [-0.05, 0) is 49.6 Å². The largest absolute Gasteiger partial charge is 0.497 e. The van der Waals surface area contributed by atoms with Gasteiger partial charge in [0, 0.05) is 10.8 Å². The SMILES string of the molecule is CCC1(COC(C)Oc2ccccc2)COC1.CCC1(COCc2ccc(OC)cc2)COC1. The van der Waals surface area contributed by atoms with Gasteiger partial charge in [0.2, 0.25) is 0 Å². The molecule has 2 fully saturated rings. The predicted molar refractivity (Wildman–Crippen MR) is 132 cm³/mol. The molecule has 2 aromatic carbocycles. The second-order valence-electron chi connectivity index (χ2n) is 9.34. The van der Waals surface area contributed by atoms with E-state index in [0.717, 1.165) is 57.4 Å². The van der Waals surface area contributed by atoms with E-state index in [4.69, 9.17) is 28.4 Å². The molecule has 0 saturated carbocycles. The second-order valence-corrected chi connectivity index (χ2v) is 9.34. The van der Waals surface area contributed by atoms with Crippen molar-refractivity contribution in [1.29, 1.82) is 0 Å². The lowest BCUT2D eigenvalue weighted by atomic mass is 9.84. The van der Waals surface area contributed by atoms with Crippen molar-refractivity contribution in [2.45, 2.75) is 46.5 Å². The van der Waals surface area contributed by atoms with E-state index in [-0.39, 0.29) is 17.1 Å². The zero-order valence-electron chi connectivity index (χ0n) is 21.1. The molecule has 0 aromatic heterocycles.